The fourth-order valence-corrected chi connectivity index (χ4v) is 2.55. The third-order valence-electron chi connectivity index (χ3n) is 3.47. The van der Waals surface area contributed by atoms with E-state index in [2.05, 4.69) is 48.3 Å². The fraction of sp³-hybridized carbons (Fsp3) is 0.600. The van der Waals surface area contributed by atoms with E-state index in [9.17, 15) is 0 Å². The lowest BCUT2D eigenvalue weighted by atomic mass is 10.0. The van der Waals surface area contributed by atoms with E-state index >= 15 is 0 Å². The highest BCUT2D eigenvalue weighted by Crippen LogP contribution is 2.20. The molecule has 94 valence electrons. The van der Waals surface area contributed by atoms with E-state index in [0.717, 1.165) is 13.1 Å². The molecule has 0 amide bonds. The molecule has 1 unspecified atom stereocenters. The van der Waals surface area contributed by atoms with Crippen molar-refractivity contribution in [3.63, 3.8) is 0 Å². The Kier molecular flexibility index (Phi) is 4.43. The van der Waals surface area contributed by atoms with Crippen LogP contribution in [0.2, 0.25) is 0 Å². The molecule has 1 aliphatic rings. The highest BCUT2D eigenvalue weighted by Gasteiger charge is 2.19. The monoisotopic (exact) mass is 232 g/mol. The molecule has 1 N–H and O–H groups in total. The van der Waals surface area contributed by atoms with Crippen LogP contribution >= 0.6 is 0 Å². The number of piperidine rings is 1. The van der Waals surface area contributed by atoms with E-state index < -0.39 is 0 Å². The number of aryl methyl sites for hydroxylation is 1. The maximum absolute atomic E-state index is 3.64. The van der Waals surface area contributed by atoms with E-state index in [1.165, 1.54) is 37.1 Å². The van der Waals surface area contributed by atoms with Gasteiger partial charge in [0.25, 0.3) is 0 Å². The zero-order chi connectivity index (χ0) is 12.1. The number of rotatable bonds is 4. The molecule has 2 rings (SSSR count). The molecule has 1 aromatic carbocycles. The first-order chi connectivity index (χ1) is 8.29. The van der Waals surface area contributed by atoms with E-state index in [0.29, 0.717) is 6.04 Å². The van der Waals surface area contributed by atoms with Gasteiger partial charge in [0.15, 0.2) is 0 Å². The van der Waals surface area contributed by atoms with Gasteiger partial charge in [-0.15, -0.1) is 0 Å². The predicted octanol–water partition coefficient (Wildman–Crippen LogP) is 2.96. The Morgan fingerprint density at radius 3 is 3.06 bits per heavy atom. The molecule has 17 heavy (non-hydrogen) atoms. The quantitative estimate of drug-likeness (QED) is 0.858. The Labute approximate surface area is 105 Å². The smallest absolute Gasteiger partial charge is 0.0369 e. The number of nitrogens with zero attached hydrogens (tertiary/aromatic N) is 1. The van der Waals surface area contributed by atoms with Gasteiger partial charge in [0.2, 0.25) is 0 Å². The van der Waals surface area contributed by atoms with Gasteiger partial charge in [-0.2, -0.15) is 0 Å². The van der Waals surface area contributed by atoms with Crippen LogP contribution in [-0.2, 0) is 0 Å². The highest BCUT2D eigenvalue weighted by molar-refractivity contribution is 5.48. The Hall–Kier alpha value is -1.02. The van der Waals surface area contributed by atoms with Crippen LogP contribution in [0, 0.1) is 6.92 Å². The third-order valence-corrected chi connectivity index (χ3v) is 3.47. The topological polar surface area (TPSA) is 15.3 Å². The van der Waals surface area contributed by atoms with Crippen LogP contribution in [0.15, 0.2) is 24.3 Å². The van der Waals surface area contributed by atoms with Gasteiger partial charge in [0, 0.05) is 24.8 Å². The lowest BCUT2D eigenvalue weighted by molar-refractivity contribution is 0.423. The van der Waals surface area contributed by atoms with Crippen molar-refractivity contribution in [2.45, 2.75) is 39.2 Å². The van der Waals surface area contributed by atoms with E-state index in [-0.39, 0.29) is 0 Å². The first-order valence-corrected chi connectivity index (χ1v) is 6.84. The summed E-state index contributed by atoms with van der Waals surface area (Å²) in [5.74, 6) is 0. The summed E-state index contributed by atoms with van der Waals surface area (Å²) in [6.45, 7) is 7.90. The van der Waals surface area contributed by atoms with Crippen molar-refractivity contribution in [2.24, 2.45) is 0 Å². The number of nitrogens with one attached hydrogen (secondary N) is 1. The van der Waals surface area contributed by atoms with Crippen molar-refractivity contribution in [1.29, 1.82) is 0 Å². The molecule has 1 saturated heterocycles. The van der Waals surface area contributed by atoms with Crippen LogP contribution in [0.3, 0.4) is 0 Å². The molecule has 1 fully saturated rings. The summed E-state index contributed by atoms with van der Waals surface area (Å²) in [5.41, 5.74) is 2.74. The Morgan fingerprint density at radius 1 is 1.41 bits per heavy atom. The summed E-state index contributed by atoms with van der Waals surface area (Å²) in [7, 11) is 0. The Balaban J connectivity index is 1.97. The molecule has 0 spiro atoms. The van der Waals surface area contributed by atoms with Crippen LogP contribution in [0.25, 0.3) is 0 Å². The molecule has 0 aromatic heterocycles. The van der Waals surface area contributed by atoms with Gasteiger partial charge in [-0.25, -0.2) is 0 Å². The number of anilines is 1. The summed E-state index contributed by atoms with van der Waals surface area (Å²) in [6.07, 6.45) is 3.85. The van der Waals surface area contributed by atoms with Crippen LogP contribution in [-0.4, -0.2) is 25.7 Å². The number of hydrogen-bond donors (Lipinski definition) is 1. The second-order valence-corrected chi connectivity index (χ2v) is 5.08. The molecule has 0 saturated carbocycles. The largest absolute Gasteiger partial charge is 0.370 e. The first-order valence-electron chi connectivity index (χ1n) is 6.84. The normalized spacial score (nSPS) is 20.6. The average molecular weight is 232 g/mol. The van der Waals surface area contributed by atoms with Gasteiger partial charge < -0.3 is 10.2 Å². The highest BCUT2D eigenvalue weighted by atomic mass is 15.2. The van der Waals surface area contributed by atoms with Gasteiger partial charge >= 0.3 is 0 Å². The molecule has 0 bridgehead atoms. The predicted molar refractivity (Wildman–Crippen MR) is 74.7 cm³/mol. The van der Waals surface area contributed by atoms with Crippen molar-refractivity contribution < 1.29 is 0 Å². The molecular weight excluding hydrogens is 208 g/mol. The maximum atomic E-state index is 3.64. The summed E-state index contributed by atoms with van der Waals surface area (Å²) in [4.78, 5) is 2.52. The Bertz CT molecular complexity index is 349. The zero-order valence-electron chi connectivity index (χ0n) is 11.1. The minimum Gasteiger partial charge on any atom is -0.370 e. The minimum atomic E-state index is 0.671. The zero-order valence-corrected chi connectivity index (χ0v) is 11.1. The molecular formula is C15H24N2. The number of hydrogen-bond acceptors (Lipinski definition) is 2. The van der Waals surface area contributed by atoms with Gasteiger partial charge in [0.05, 0.1) is 0 Å². The van der Waals surface area contributed by atoms with Crippen LogP contribution in [0.5, 0.6) is 0 Å². The molecule has 2 nitrogen and oxygen atoms in total. The van der Waals surface area contributed by atoms with Crippen molar-refractivity contribution in [1.82, 2.24) is 5.32 Å². The maximum Gasteiger partial charge on any atom is 0.0369 e. The number of benzene rings is 1. The third kappa shape index (κ3) is 3.47. The van der Waals surface area contributed by atoms with Crippen LogP contribution in [0.1, 0.15) is 31.7 Å². The lowest BCUT2D eigenvalue weighted by Crippen LogP contribution is -2.46. The molecule has 0 radical (unpaired) electrons. The SMILES string of the molecule is CCCNC1CCCN(c2cccc(C)c2)C1. The summed E-state index contributed by atoms with van der Waals surface area (Å²) in [6, 6.07) is 9.52. The van der Waals surface area contributed by atoms with Crippen molar-refractivity contribution in [2.75, 3.05) is 24.5 Å². The Morgan fingerprint density at radius 2 is 2.29 bits per heavy atom. The van der Waals surface area contributed by atoms with E-state index in [1.807, 2.05) is 0 Å². The van der Waals surface area contributed by atoms with Gasteiger partial charge in [0.1, 0.15) is 0 Å². The fourth-order valence-electron chi connectivity index (χ4n) is 2.55. The molecule has 1 heterocycles. The van der Waals surface area contributed by atoms with Gasteiger partial charge in [-0.1, -0.05) is 19.1 Å². The molecule has 1 atom stereocenters. The van der Waals surface area contributed by atoms with Crippen molar-refractivity contribution >= 4 is 5.69 Å². The summed E-state index contributed by atoms with van der Waals surface area (Å²) < 4.78 is 0. The lowest BCUT2D eigenvalue weighted by Gasteiger charge is -2.35. The van der Waals surface area contributed by atoms with Crippen LogP contribution in [0.4, 0.5) is 5.69 Å². The second kappa shape index (κ2) is 6.06. The van der Waals surface area contributed by atoms with Crippen LogP contribution < -0.4 is 10.2 Å². The second-order valence-electron chi connectivity index (χ2n) is 5.08. The van der Waals surface area contributed by atoms with E-state index in [4.69, 9.17) is 0 Å². The first kappa shape index (κ1) is 12.4. The van der Waals surface area contributed by atoms with E-state index in [1.54, 1.807) is 0 Å². The summed E-state index contributed by atoms with van der Waals surface area (Å²) in [5, 5.41) is 3.64. The van der Waals surface area contributed by atoms with Gasteiger partial charge in [-0.05, 0) is 50.4 Å². The summed E-state index contributed by atoms with van der Waals surface area (Å²) >= 11 is 0. The molecule has 2 heteroatoms. The standard InChI is InChI=1S/C15H24N2/c1-3-9-16-14-7-5-10-17(12-14)15-8-4-6-13(2)11-15/h4,6,8,11,14,16H,3,5,7,9-10,12H2,1-2H3. The van der Waals surface area contributed by atoms with Gasteiger partial charge in [-0.3, -0.25) is 0 Å². The van der Waals surface area contributed by atoms with Crippen molar-refractivity contribution in [3.05, 3.63) is 29.8 Å². The minimum absolute atomic E-state index is 0.671. The molecule has 0 aliphatic carbocycles. The average Bonchev–Trinajstić information content (AvgIpc) is 2.37. The molecule has 1 aromatic rings. The molecule has 1 aliphatic heterocycles. The van der Waals surface area contributed by atoms with Crippen molar-refractivity contribution in [3.8, 4) is 0 Å².